The van der Waals surface area contributed by atoms with Gasteiger partial charge in [-0.05, 0) is 18.2 Å². The average molecular weight is 389 g/mol. The molecule has 2 aromatic rings. The van der Waals surface area contributed by atoms with Crippen LogP contribution in [0.15, 0.2) is 41.5 Å². The quantitative estimate of drug-likeness (QED) is 0.456. The zero-order chi connectivity index (χ0) is 19.5. The number of hydrogen-bond donors (Lipinski definition) is 1. The molecule has 0 aliphatic rings. The number of non-ortho nitro benzene ring substituents is 1. The number of nitro groups is 2. The largest absolute Gasteiger partial charge is 0.416 e. The number of hydrazone groups is 1. The highest BCUT2D eigenvalue weighted by Crippen LogP contribution is 2.35. The molecule has 0 aromatic heterocycles. The molecule has 0 heterocycles. The van der Waals surface area contributed by atoms with E-state index in [4.69, 9.17) is 11.6 Å². The van der Waals surface area contributed by atoms with Gasteiger partial charge in [-0.15, -0.1) is 0 Å². The molecule has 12 heteroatoms. The summed E-state index contributed by atoms with van der Waals surface area (Å²) < 4.78 is 37.9. The molecule has 0 bridgehead atoms. The molecular formula is C14H8ClF3N4O4. The molecule has 0 unspecified atom stereocenters. The highest BCUT2D eigenvalue weighted by Gasteiger charge is 2.33. The van der Waals surface area contributed by atoms with Crippen LogP contribution in [0.1, 0.15) is 11.1 Å². The lowest BCUT2D eigenvalue weighted by atomic mass is 10.1. The monoisotopic (exact) mass is 388 g/mol. The molecule has 0 aliphatic heterocycles. The Kier molecular flexibility index (Phi) is 5.41. The first kappa shape index (κ1) is 19.1. The fourth-order valence-corrected chi connectivity index (χ4v) is 2.03. The van der Waals surface area contributed by atoms with Crippen LogP contribution in [0.25, 0.3) is 0 Å². The van der Waals surface area contributed by atoms with E-state index in [-0.39, 0.29) is 22.0 Å². The van der Waals surface area contributed by atoms with Gasteiger partial charge in [-0.1, -0.05) is 11.6 Å². The van der Waals surface area contributed by atoms with Crippen molar-refractivity contribution in [3.63, 3.8) is 0 Å². The summed E-state index contributed by atoms with van der Waals surface area (Å²) in [4.78, 5) is 20.0. The number of rotatable bonds is 5. The summed E-state index contributed by atoms with van der Waals surface area (Å²) in [5, 5.41) is 25.5. The highest BCUT2D eigenvalue weighted by atomic mass is 35.5. The second-order valence-electron chi connectivity index (χ2n) is 4.82. The van der Waals surface area contributed by atoms with Gasteiger partial charge in [-0.2, -0.15) is 18.3 Å². The lowest BCUT2D eigenvalue weighted by Gasteiger charge is -2.08. The predicted molar refractivity (Wildman–Crippen MR) is 87.4 cm³/mol. The van der Waals surface area contributed by atoms with E-state index >= 15 is 0 Å². The summed E-state index contributed by atoms with van der Waals surface area (Å²) >= 11 is 5.86. The minimum Gasteiger partial charge on any atom is -0.272 e. The molecule has 0 fully saturated rings. The van der Waals surface area contributed by atoms with Gasteiger partial charge < -0.3 is 0 Å². The van der Waals surface area contributed by atoms with E-state index in [0.717, 1.165) is 18.3 Å². The Bertz CT molecular complexity index is 902. The SMILES string of the molecule is O=[N+]([O-])c1ccc(Cl)c(/C=N/Nc2ccc(C(F)(F)F)cc2[N+](=O)[O-])c1. The molecule has 0 saturated heterocycles. The van der Waals surface area contributed by atoms with Crippen LogP contribution in [0.2, 0.25) is 5.02 Å². The van der Waals surface area contributed by atoms with Crippen molar-refractivity contribution >= 4 is 34.9 Å². The fourth-order valence-electron chi connectivity index (χ4n) is 1.87. The van der Waals surface area contributed by atoms with Crippen LogP contribution in [0, 0.1) is 20.2 Å². The Morgan fingerprint density at radius 2 is 1.77 bits per heavy atom. The molecule has 0 atom stereocenters. The van der Waals surface area contributed by atoms with E-state index < -0.39 is 27.3 Å². The number of hydrogen-bond acceptors (Lipinski definition) is 6. The maximum absolute atomic E-state index is 12.6. The summed E-state index contributed by atoms with van der Waals surface area (Å²) in [6.07, 6.45) is -3.68. The van der Waals surface area contributed by atoms with Crippen molar-refractivity contribution in [2.45, 2.75) is 6.18 Å². The lowest BCUT2D eigenvalue weighted by Crippen LogP contribution is -2.06. The first-order valence-corrected chi connectivity index (χ1v) is 7.06. The number of halogens is 4. The van der Waals surface area contributed by atoms with Crippen LogP contribution in [-0.2, 0) is 6.18 Å². The molecule has 26 heavy (non-hydrogen) atoms. The highest BCUT2D eigenvalue weighted by molar-refractivity contribution is 6.33. The van der Waals surface area contributed by atoms with Crippen molar-refractivity contribution in [1.29, 1.82) is 0 Å². The van der Waals surface area contributed by atoms with E-state index in [2.05, 4.69) is 10.5 Å². The van der Waals surface area contributed by atoms with E-state index in [1.807, 2.05) is 0 Å². The van der Waals surface area contributed by atoms with Gasteiger partial charge in [0.15, 0.2) is 0 Å². The third-order valence-corrected chi connectivity index (χ3v) is 3.44. The van der Waals surface area contributed by atoms with Gasteiger partial charge in [0, 0.05) is 28.8 Å². The van der Waals surface area contributed by atoms with Gasteiger partial charge in [-0.25, -0.2) is 0 Å². The standard InChI is InChI=1S/C14H8ClF3N4O4/c15-11-3-2-10(21(23)24)5-8(11)7-19-20-12-4-1-9(14(16,17)18)6-13(12)22(25)26/h1-7,20H/b19-7+. The van der Waals surface area contributed by atoms with Crippen molar-refractivity contribution < 1.29 is 23.0 Å². The normalized spacial score (nSPS) is 11.5. The lowest BCUT2D eigenvalue weighted by molar-refractivity contribution is -0.384. The Morgan fingerprint density at radius 1 is 1.08 bits per heavy atom. The van der Waals surface area contributed by atoms with Gasteiger partial charge in [0.1, 0.15) is 5.69 Å². The third kappa shape index (κ3) is 4.45. The first-order valence-electron chi connectivity index (χ1n) is 6.68. The molecule has 2 rings (SSSR count). The van der Waals surface area contributed by atoms with Crippen LogP contribution in [-0.4, -0.2) is 16.1 Å². The minimum atomic E-state index is -4.73. The van der Waals surface area contributed by atoms with Gasteiger partial charge in [0.2, 0.25) is 0 Å². The Labute approximate surface area is 148 Å². The Hall–Kier alpha value is -3.21. The van der Waals surface area contributed by atoms with Crippen molar-refractivity contribution in [3.05, 3.63) is 72.8 Å². The summed E-state index contributed by atoms with van der Waals surface area (Å²) in [7, 11) is 0. The summed E-state index contributed by atoms with van der Waals surface area (Å²) in [6.45, 7) is 0. The number of benzene rings is 2. The van der Waals surface area contributed by atoms with Crippen LogP contribution < -0.4 is 5.43 Å². The zero-order valence-corrected chi connectivity index (χ0v) is 13.3. The van der Waals surface area contributed by atoms with Crippen LogP contribution in [0.5, 0.6) is 0 Å². The van der Waals surface area contributed by atoms with Crippen LogP contribution in [0.3, 0.4) is 0 Å². The molecule has 0 saturated carbocycles. The fraction of sp³-hybridized carbons (Fsp3) is 0.0714. The third-order valence-electron chi connectivity index (χ3n) is 3.10. The van der Waals surface area contributed by atoms with Gasteiger partial charge >= 0.3 is 6.18 Å². The summed E-state index contributed by atoms with van der Waals surface area (Å²) in [6, 6.07) is 5.45. The van der Waals surface area contributed by atoms with Gasteiger partial charge in [0.05, 0.1) is 21.6 Å². The molecule has 1 N–H and O–H groups in total. The number of nitrogens with one attached hydrogen (secondary N) is 1. The second kappa shape index (κ2) is 7.35. The maximum Gasteiger partial charge on any atom is 0.416 e. The number of nitrogens with zero attached hydrogens (tertiary/aromatic N) is 3. The Morgan fingerprint density at radius 3 is 2.35 bits per heavy atom. The smallest absolute Gasteiger partial charge is 0.272 e. The van der Waals surface area contributed by atoms with Crippen molar-refractivity contribution in [2.24, 2.45) is 5.10 Å². The van der Waals surface area contributed by atoms with Crippen molar-refractivity contribution in [3.8, 4) is 0 Å². The molecule has 0 aliphatic carbocycles. The van der Waals surface area contributed by atoms with E-state index in [0.29, 0.717) is 12.1 Å². The molecule has 136 valence electrons. The van der Waals surface area contributed by atoms with E-state index in [1.165, 1.54) is 12.1 Å². The van der Waals surface area contributed by atoms with E-state index in [9.17, 15) is 33.4 Å². The maximum atomic E-state index is 12.6. The van der Waals surface area contributed by atoms with Gasteiger partial charge in [0.25, 0.3) is 11.4 Å². The molecule has 0 radical (unpaired) electrons. The van der Waals surface area contributed by atoms with Crippen LogP contribution >= 0.6 is 11.6 Å². The molecule has 8 nitrogen and oxygen atoms in total. The van der Waals surface area contributed by atoms with Gasteiger partial charge in [-0.3, -0.25) is 25.7 Å². The molecular weight excluding hydrogens is 381 g/mol. The number of alkyl halides is 3. The van der Waals surface area contributed by atoms with Crippen molar-refractivity contribution in [1.82, 2.24) is 0 Å². The first-order chi connectivity index (χ1) is 12.1. The number of nitro benzene ring substituents is 2. The topological polar surface area (TPSA) is 111 Å². The van der Waals surface area contributed by atoms with Crippen LogP contribution in [0.4, 0.5) is 30.2 Å². The van der Waals surface area contributed by atoms with E-state index in [1.54, 1.807) is 0 Å². The van der Waals surface area contributed by atoms with Crippen molar-refractivity contribution in [2.75, 3.05) is 5.43 Å². The molecule has 0 spiro atoms. The number of anilines is 1. The predicted octanol–water partition coefficient (Wildman–Crippen LogP) is 4.62. The summed E-state index contributed by atoms with van der Waals surface area (Å²) in [5.74, 6) is 0. The second-order valence-corrected chi connectivity index (χ2v) is 5.23. The minimum absolute atomic E-state index is 0.128. The average Bonchev–Trinajstić information content (AvgIpc) is 2.55. The molecule has 0 amide bonds. The Balaban J connectivity index is 2.29. The summed E-state index contributed by atoms with van der Waals surface area (Å²) in [5.41, 5.74) is -0.185. The zero-order valence-electron chi connectivity index (χ0n) is 12.5. The molecule has 2 aromatic carbocycles.